The number of amides is 2. The minimum atomic E-state index is -0.621. The molecule has 0 spiro atoms. The van der Waals surface area contributed by atoms with Crippen molar-refractivity contribution in [1.82, 2.24) is 10.2 Å². The molecule has 30 heavy (non-hydrogen) atoms. The summed E-state index contributed by atoms with van der Waals surface area (Å²) in [7, 11) is 0. The van der Waals surface area contributed by atoms with Crippen molar-refractivity contribution in [1.29, 1.82) is 0 Å². The lowest BCUT2D eigenvalue weighted by Gasteiger charge is -2.29. The molecule has 2 atom stereocenters. The number of thioether (sulfide) groups is 1. The van der Waals surface area contributed by atoms with E-state index < -0.39 is 6.04 Å². The minimum Gasteiger partial charge on any atom is -0.352 e. The van der Waals surface area contributed by atoms with Gasteiger partial charge in [0.05, 0.1) is 5.75 Å². The summed E-state index contributed by atoms with van der Waals surface area (Å²) in [6.45, 7) is 5.99. The molecule has 1 N–H and O–H groups in total. The van der Waals surface area contributed by atoms with Crippen LogP contribution in [-0.2, 0) is 21.9 Å². The summed E-state index contributed by atoms with van der Waals surface area (Å²) in [6.07, 6.45) is 0.810. The minimum absolute atomic E-state index is 0.0335. The summed E-state index contributed by atoms with van der Waals surface area (Å²) >= 11 is 7.35. The number of halogens is 2. The van der Waals surface area contributed by atoms with Gasteiger partial charge in [-0.15, -0.1) is 11.8 Å². The normalized spacial score (nSPS) is 12.8. The van der Waals surface area contributed by atoms with Gasteiger partial charge in [-0.25, -0.2) is 4.39 Å². The van der Waals surface area contributed by atoms with E-state index in [1.54, 1.807) is 24.0 Å². The van der Waals surface area contributed by atoms with Gasteiger partial charge < -0.3 is 10.2 Å². The van der Waals surface area contributed by atoms with Crippen molar-refractivity contribution in [2.75, 3.05) is 5.75 Å². The number of nitrogens with zero attached hydrogens (tertiary/aromatic N) is 1. The third kappa shape index (κ3) is 7.03. The van der Waals surface area contributed by atoms with Gasteiger partial charge in [-0.1, -0.05) is 54.9 Å². The zero-order valence-corrected chi connectivity index (χ0v) is 19.1. The Morgan fingerprint density at radius 2 is 1.83 bits per heavy atom. The second kappa shape index (κ2) is 12.0. The van der Waals surface area contributed by atoms with Crippen LogP contribution in [0.1, 0.15) is 38.3 Å². The van der Waals surface area contributed by atoms with Gasteiger partial charge in [0.2, 0.25) is 11.8 Å². The summed E-state index contributed by atoms with van der Waals surface area (Å²) in [5.74, 6) is -0.341. The molecular formula is C23H28ClFN2O2S. The SMILES string of the molecule is CC[C@@H](C)NC(=O)[C@@H](C)N(Cc1ccccc1)C(=O)CSCc1c(F)cccc1Cl. The smallest absolute Gasteiger partial charge is 0.242 e. The van der Waals surface area contributed by atoms with Gasteiger partial charge >= 0.3 is 0 Å². The van der Waals surface area contributed by atoms with Crippen LogP contribution in [0, 0.1) is 5.82 Å². The first-order chi connectivity index (χ1) is 14.3. The largest absolute Gasteiger partial charge is 0.352 e. The molecule has 2 aromatic rings. The fourth-order valence-electron chi connectivity index (χ4n) is 2.82. The van der Waals surface area contributed by atoms with Crippen molar-refractivity contribution < 1.29 is 14.0 Å². The molecule has 0 unspecified atom stereocenters. The molecule has 0 radical (unpaired) electrons. The van der Waals surface area contributed by atoms with Gasteiger partial charge in [-0.2, -0.15) is 0 Å². The topological polar surface area (TPSA) is 49.4 Å². The molecule has 7 heteroatoms. The molecule has 0 fully saturated rings. The predicted octanol–water partition coefficient (Wildman–Crippen LogP) is 5.04. The van der Waals surface area contributed by atoms with Gasteiger partial charge in [0.25, 0.3) is 0 Å². The maximum Gasteiger partial charge on any atom is 0.242 e. The Balaban J connectivity index is 2.08. The maximum atomic E-state index is 14.0. The highest BCUT2D eigenvalue weighted by atomic mass is 35.5. The van der Waals surface area contributed by atoms with E-state index >= 15 is 0 Å². The van der Waals surface area contributed by atoms with Crippen LogP contribution in [0.3, 0.4) is 0 Å². The lowest BCUT2D eigenvalue weighted by Crippen LogP contribution is -2.50. The number of carbonyl (C=O) groups is 2. The van der Waals surface area contributed by atoms with Crippen LogP contribution in [0.15, 0.2) is 48.5 Å². The molecule has 0 heterocycles. The molecule has 162 valence electrons. The third-order valence-corrected chi connectivity index (χ3v) is 6.20. The molecule has 0 saturated carbocycles. The molecular weight excluding hydrogens is 423 g/mol. The van der Waals surface area contributed by atoms with Gasteiger partial charge in [0, 0.05) is 28.9 Å². The highest BCUT2D eigenvalue weighted by Crippen LogP contribution is 2.24. The first-order valence-corrected chi connectivity index (χ1v) is 11.5. The number of hydrogen-bond donors (Lipinski definition) is 1. The molecule has 0 aliphatic carbocycles. The first-order valence-electron chi connectivity index (χ1n) is 9.97. The van der Waals surface area contributed by atoms with Crippen molar-refractivity contribution in [3.05, 3.63) is 70.5 Å². The molecule has 0 aliphatic heterocycles. The predicted molar refractivity (Wildman–Crippen MR) is 122 cm³/mol. The number of benzene rings is 2. The van der Waals surface area contributed by atoms with Gasteiger partial charge in [-0.3, -0.25) is 9.59 Å². The Hall–Kier alpha value is -2.05. The fourth-order valence-corrected chi connectivity index (χ4v) is 4.07. The van der Waals surface area contributed by atoms with Gasteiger partial charge in [0.1, 0.15) is 11.9 Å². The Morgan fingerprint density at radius 3 is 2.47 bits per heavy atom. The molecule has 0 aromatic heterocycles. The standard InChI is InChI=1S/C23H28ClFN2O2S/c1-4-16(2)26-23(29)17(3)27(13-18-9-6-5-7-10-18)22(28)15-30-14-19-20(24)11-8-12-21(19)25/h5-12,16-17H,4,13-15H2,1-3H3,(H,26,29)/t16-,17-/m1/s1. The average Bonchev–Trinajstić information content (AvgIpc) is 2.74. The second-order valence-electron chi connectivity index (χ2n) is 7.19. The number of rotatable bonds is 10. The van der Waals surface area contributed by atoms with E-state index in [9.17, 15) is 14.0 Å². The van der Waals surface area contributed by atoms with E-state index in [0.29, 0.717) is 17.1 Å². The molecule has 4 nitrogen and oxygen atoms in total. The molecule has 2 amide bonds. The van der Waals surface area contributed by atoms with Crippen molar-refractivity contribution in [3.8, 4) is 0 Å². The Bertz CT molecular complexity index is 830. The number of carbonyl (C=O) groups excluding carboxylic acids is 2. The van der Waals surface area contributed by atoms with E-state index in [0.717, 1.165) is 12.0 Å². The quantitative estimate of drug-likeness (QED) is 0.551. The van der Waals surface area contributed by atoms with Crippen LogP contribution in [0.5, 0.6) is 0 Å². The van der Waals surface area contributed by atoms with E-state index in [1.165, 1.54) is 17.8 Å². The van der Waals surface area contributed by atoms with Crippen molar-refractivity contribution in [3.63, 3.8) is 0 Å². The fraction of sp³-hybridized carbons (Fsp3) is 0.391. The van der Waals surface area contributed by atoms with Crippen LogP contribution in [-0.4, -0.2) is 34.6 Å². The second-order valence-corrected chi connectivity index (χ2v) is 8.59. The Labute approximate surface area is 187 Å². The zero-order valence-electron chi connectivity index (χ0n) is 17.5. The van der Waals surface area contributed by atoms with Crippen LogP contribution in [0.4, 0.5) is 4.39 Å². The highest BCUT2D eigenvalue weighted by molar-refractivity contribution is 7.99. The van der Waals surface area contributed by atoms with Crippen LogP contribution < -0.4 is 5.32 Å². The molecule has 0 bridgehead atoms. The van der Waals surface area contributed by atoms with Gasteiger partial charge in [0.15, 0.2) is 0 Å². The van der Waals surface area contributed by atoms with Crippen LogP contribution >= 0.6 is 23.4 Å². The molecule has 0 aliphatic rings. The van der Waals surface area contributed by atoms with E-state index in [1.807, 2.05) is 44.2 Å². The van der Waals surface area contributed by atoms with Crippen LogP contribution in [0.25, 0.3) is 0 Å². The third-order valence-electron chi connectivity index (χ3n) is 4.90. The molecule has 2 rings (SSSR count). The van der Waals surface area contributed by atoms with Crippen molar-refractivity contribution in [2.45, 2.75) is 51.6 Å². The Kier molecular flexibility index (Phi) is 9.66. The van der Waals surface area contributed by atoms with Crippen molar-refractivity contribution in [2.24, 2.45) is 0 Å². The summed E-state index contributed by atoms with van der Waals surface area (Å²) < 4.78 is 14.0. The van der Waals surface area contributed by atoms with E-state index in [2.05, 4.69) is 5.32 Å². The first kappa shape index (κ1) is 24.2. The maximum absolute atomic E-state index is 14.0. The van der Waals surface area contributed by atoms with Crippen molar-refractivity contribution >= 4 is 35.2 Å². The monoisotopic (exact) mass is 450 g/mol. The summed E-state index contributed by atoms with van der Waals surface area (Å²) in [6, 6.07) is 13.5. The number of hydrogen-bond acceptors (Lipinski definition) is 3. The zero-order chi connectivity index (χ0) is 22.1. The lowest BCUT2D eigenvalue weighted by molar-refractivity contribution is -0.138. The summed E-state index contributed by atoms with van der Waals surface area (Å²) in [5, 5.41) is 3.29. The van der Waals surface area contributed by atoms with E-state index in [4.69, 9.17) is 11.6 Å². The molecule has 0 saturated heterocycles. The van der Waals surface area contributed by atoms with Crippen LogP contribution in [0.2, 0.25) is 5.02 Å². The lowest BCUT2D eigenvalue weighted by atomic mass is 10.1. The summed E-state index contributed by atoms with van der Waals surface area (Å²) in [5.41, 5.74) is 1.32. The number of nitrogens with one attached hydrogen (secondary N) is 1. The van der Waals surface area contributed by atoms with Gasteiger partial charge in [-0.05, 0) is 38.0 Å². The Morgan fingerprint density at radius 1 is 1.13 bits per heavy atom. The molecule has 2 aromatic carbocycles. The summed E-state index contributed by atoms with van der Waals surface area (Å²) in [4.78, 5) is 27.2. The highest BCUT2D eigenvalue weighted by Gasteiger charge is 2.26. The average molecular weight is 451 g/mol. The van der Waals surface area contributed by atoms with E-state index in [-0.39, 0.29) is 35.2 Å².